The highest BCUT2D eigenvalue weighted by atomic mass is 79.9. The number of carbonyl (C=O) groups is 2. The lowest BCUT2D eigenvalue weighted by atomic mass is 9.56. The maximum atomic E-state index is 15.0. The Morgan fingerprint density at radius 3 is 2.42 bits per heavy atom. The van der Waals surface area contributed by atoms with Gasteiger partial charge in [-0.2, -0.15) is 0 Å². The minimum absolute atomic E-state index is 0.00129. The fourth-order valence-electron chi connectivity index (χ4n) is 6.47. The lowest BCUT2D eigenvalue weighted by Crippen LogP contribution is -2.56. The van der Waals surface area contributed by atoms with Gasteiger partial charge < -0.3 is 9.84 Å². The minimum atomic E-state index is -1.73. The molecule has 0 bridgehead atoms. The first-order chi connectivity index (χ1) is 16.5. The zero-order valence-electron chi connectivity index (χ0n) is 22.1. The average Bonchev–Trinajstić information content (AvgIpc) is 3.11. The van der Waals surface area contributed by atoms with Crippen molar-refractivity contribution < 1.29 is 23.8 Å². The van der Waals surface area contributed by atoms with E-state index >= 15 is 4.39 Å². The van der Waals surface area contributed by atoms with E-state index in [1.165, 1.54) is 18.7 Å². The lowest BCUT2D eigenvalue weighted by Gasteiger charge is -2.49. The molecule has 198 valence electrons. The fraction of sp³-hybridized carbons (Fsp3) is 0.667. The van der Waals surface area contributed by atoms with E-state index in [1.54, 1.807) is 20.8 Å². The normalized spacial score (nSPS) is 32.2. The first-order valence-corrected chi connectivity index (χ1v) is 13.3. The standard InChI is InChI=1S/C27H37BrFN3O4/c1-15-11-26(12-16(2)20(15)33)13-17-8-9-18(28)10-19(17)27(26)21(34)32(14-25(6,7)29)22(31-27)30-23(35)36-24(3,4)5/h8-10,15-16,20,33H,11-14H2,1-7H3,(H,30,31,35). The van der Waals surface area contributed by atoms with Crippen molar-refractivity contribution in [2.45, 2.75) is 90.6 Å². The molecule has 36 heavy (non-hydrogen) atoms. The molecule has 3 atom stereocenters. The van der Waals surface area contributed by atoms with E-state index in [0.717, 1.165) is 15.6 Å². The lowest BCUT2D eigenvalue weighted by molar-refractivity contribution is -0.142. The van der Waals surface area contributed by atoms with E-state index in [4.69, 9.17) is 9.73 Å². The number of hydrogen-bond acceptors (Lipinski definition) is 5. The maximum Gasteiger partial charge on any atom is 0.414 e. The Labute approximate surface area is 221 Å². The molecule has 7 nitrogen and oxygen atoms in total. The van der Waals surface area contributed by atoms with E-state index in [0.29, 0.717) is 19.3 Å². The van der Waals surface area contributed by atoms with Crippen molar-refractivity contribution in [3.05, 3.63) is 33.8 Å². The van der Waals surface area contributed by atoms with Gasteiger partial charge in [-0.15, -0.1) is 0 Å². The summed E-state index contributed by atoms with van der Waals surface area (Å²) in [5.74, 6) is -0.467. The predicted molar refractivity (Wildman–Crippen MR) is 139 cm³/mol. The molecule has 3 unspecified atom stereocenters. The molecule has 1 aromatic carbocycles. The number of aliphatic hydroxyl groups is 1. The number of nitrogens with zero attached hydrogens (tertiary/aromatic N) is 2. The van der Waals surface area contributed by atoms with Gasteiger partial charge in [-0.3, -0.25) is 15.0 Å². The molecule has 4 rings (SSSR count). The van der Waals surface area contributed by atoms with Gasteiger partial charge in [-0.05, 0) is 89.0 Å². The highest BCUT2D eigenvalue weighted by Crippen LogP contribution is 2.63. The Morgan fingerprint density at radius 2 is 1.86 bits per heavy atom. The Hall–Kier alpha value is -2.00. The molecule has 1 saturated carbocycles. The van der Waals surface area contributed by atoms with E-state index < -0.39 is 34.4 Å². The molecule has 1 heterocycles. The molecule has 9 heteroatoms. The van der Waals surface area contributed by atoms with Crippen LogP contribution in [-0.4, -0.2) is 51.9 Å². The summed E-state index contributed by atoms with van der Waals surface area (Å²) in [7, 11) is 0. The van der Waals surface area contributed by atoms with Gasteiger partial charge in [-0.25, -0.2) is 14.2 Å². The third-order valence-corrected chi connectivity index (χ3v) is 8.07. The highest BCUT2D eigenvalue weighted by Gasteiger charge is 2.68. The number of amides is 2. The third kappa shape index (κ3) is 4.57. The number of guanidine groups is 1. The van der Waals surface area contributed by atoms with Crippen molar-refractivity contribution in [2.24, 2.45) is 22.2 Å². The van der Waals surface area contributed by atoms with Crippen LogP contribution >= 0.6 is 15.9 Å². The quantitative estimate of drug-likeness (QED) is 0.522. The number of carbonyl (C=O) groups excluding carboxylic acids is 2. The number of nitrogens with one attached hydrogen (secondary N) is 1. The summed E-state index contributed by atoms with van der Waals surface area (Å²) in [4.78, 5) is 33.5. The summed E-state index contributed by atoms with van der Waals surface area (Å²) in [5, 5.41) is 13.4. The van der Waals surface area contributed by atoms with Crippen LogP contribution in [0.1, 0.15) is 72.4 Å². The zero-order chi connectivity index (χ0) is 26.8. The SMILES string of the molecule is CC1CC2(Cc3ccc(Br)cc3C23N=C(NC(=O)OC(C)(C)C)N(CC(C)(C)F)C3=O)CC(C)C1O. The van der Waals surface area contributed by atoms with E-state index in [1.807, 2.05) is 32.0 Å². The van der Waals surface area contributed by atoms with Gasteiger partial charge in [0.1, 0.15) is 11.3 Å². The summed E-state index contributed by atoms with van der Waals surface area (Å²) in [6.45, 7) is 11.8. The average molecular weight is 567 g/mol. The zero-order valence-corrected chi connectivity index (χ0v) is 23.7. The predicted octanol–water partition coefficient (Wildman–Crippen LogP) is 5.08. The number of rotatable bonds is 2. The van der Waals surface area contributed by atoms with Crippen LogP contribution in [0.3, 0.4) is 0 Å². The third-order valence-electron chi connectivity index (χ3n) is 7.58. The molecule has 0 saturated heterocycles. The first-order valence-electron chi connectivity index (χ1n) is 12.6. The molecule has 2 N–H and O–H groups in total. The van der Waals surface area contributed by atoms with Crippen molar-refractivity contribution in [1.29, 1.82) is 0 Å². The number of ether oxygens (including phenoxy) is 1. The molecule has 0 aromatic heterocycles. The Morgan fingerprint density at radius 1 is 1.25 bits per heavy atom. The Bertz CT molecular complexity index is 1100. The van der Waals surface area contributed by atoms with Crippen LogP contribution in [0.5, 0.6) is 0 Å². The van der Waals surface area contributed by atoms with Crippen LogP contribution in [0.15, 0.2) is 27.7 Å². The summed E-state index contributed by atoms with van der Waals surface area (Å²) < 4.78 is 21.3. The molecular weight excluding hydrogens is 529 g/mol. The number of hydrogen-bond donors (Lipinski definition) is 2. The minimum Gasteiger partial charge on any atom is -0.444 e. The van der Waals surface area contributed by atoms with Crippen molar-refractivity contribution in [1.82, 2.24) is 10.2 Å². The molecule has 1 aromatic rings. The van der Waals surface area contributed by atoms with Crippen LogP contribution in [0.2, 0.25) is 0 Å². The molecule has 0 radical (unpaired) electrons. The van der Waals surface area contributed by atoms with Crippen molar-refractivity contribution in [3.63, 3.8) is 0 Å². The molecule has 1 fully saturated rings. The maximum absolute atomic E-state index is 15.0. The second kappa shape index (κ2) is 8.79. The molecule has 2 aliphatic carbocycles. The van der Waals surface area contributed by atoms with Crippen LogP contribution in [0.25, 0.3) is 0 Å². The van der Waals surface area contributed by atoms with Gasteiger partial charge in [0.15, 0.2) is 5.54 Å². The van der Waals surface area contributed by atoms with Crippen molar-refractivity contribution in [3.8, 4) is 0 Å². The summed E-state index contributed by atoms with van der Waals surface area (Å²) in [6.07, 6.45) is 0.525. The smallest absolute Gasteiger partial charge is 0.414 e. The van der Waals surface area contributed by atoms with E-state index in [9.17, 15) is 14.7 Å². The topological polar surface area (TPSA) is 91.2 Å². The van der Waals surface area contributed by atoms with Crippen LogP contribution in [0, 0.1) is 17.3 Å². The second-order valence-corrected chi connectivity index (χ2v) is 13.4. The number of halogens is 2. The van der Waals surface area contributed by atoms with Crippen molar-refractivity contribution in [2.75, 3.05) is 6.54 Å². The van der Waals surface area contributed by atoms with Gasteiger partial charge in [0.2, 0.25) is 5.96 Å². The highest BCUT2D eigenvalue weighted by molar-refractivity contribution is 9.10. The van der Waals surface area contributed by atoms with Gasteiger partial charge in [0.25, 0.3) is 5.91 Å². The number of fused-ring (bicyclic) bond motifs is 3. The van der Waals surface area contributed by atoms with Crippen molar-refractivity contribution >= 4 is 33.9 Å². The monoisotopic (exact) mass is 565 g/mol. The summed E-state index contributed by atoms with van der Waals surface area (Å²) in [6, 6.07) is 5.87. The van der Waals surface area contributed by atoms with Gasteiger partial charge in [0, 0.05) is 9.89 Å². The van der Waals surface area contributed by atoms with Gasteiger partial charge >= 0.3 is 6.09 Å². The van der Waals surface area contributed by atoms with E-state index in [2.05, 4.69) is 21.2 Å². The largest absolute Gasteiger partial charge is 0.444 e. The number of alkyl carbamates (subject to hydrolysis) is 1. The summed E-state index contributed by atoms with van der Waals surface area (Å²) in [5.41, 5.74) is -2.69. The van der Waals surface area contributed by atoms with Gasteiger partial charge in [0.05, 0.1) is 12.6 Å². The fourth-order valence-corrected chi connectivity index (χ4v) is 6.83. The molecule has 3 aliphatic rings. The van der Waals surface area contributed by atoms with Crippen LogP contribution < -0.4 is 5.32 Å². The van der Waals surface area contributed by atoms with Crippen LogP contribution in [-0.2, 0) is 21.5 Å². The summed E-state index contributed by atoms with van der Waals surface area (Å²) >= 11 is 3.55. The number of benzene rings is 1. The molecular formula is C27H37BrFN3O4. The number of alkyl halides is 1. The Balaban J connectivity index is 1.90. The number of aliphatic imine (C=N–C) groups is 1. The van der Waals surface area contributed by atoms with Gasteiger partial charge in [-0.1, -0.05) is 35.8 Å². The van der Waals surface area contributed by atoms with E-state index in [-0.39, 0.29) is 30.2 Å². The first kappa shape index (κ1) is 27.0. The molecule has 1 aliphatic heterocycles. The number of aliphatic hydroxyl groups excluding tert-OH is 1. The molecule has 2 spiro atoms. The molecule has 2 amide bonds. The van der Waals surface area contributed by atoms with Crippen LogP contribution in [0.4, 0.5) is 9.18 Å². The second-order valence-electron chi connectivity index (χ2n) is 12.5. The Kier molecular flexibility index (Phi) is 6.60.